The van der Waals surface area contributed by atoms with E-state index in [-0.39, 0.29) is 17.4 Å². The number of para-hydroxylation sites is 1. The fourth-order valence-corrected chi connectivity index (χ4v) is 4.56. The number of carbonyl (C=O) groups is 1. The smallest absolute Gasteiger partial charge is 0.194 e. The zero-order valence-electron chi connectivity index (χ0n) is 20.4. The molecule has 5 rings (SSSR count). The second kappa shape index (κ2) is 9.00. The average molecular weight is 483 g/mol. The maximum Gasteiger partial charge on any atom is 0.194 e. The lowest BCUT2D eigenvalue weighted by Gasteiger charge is -2.12. The molecule has 0 bridgehead atoms. The minimum Gasteiger partial charge on any atom is -0.454 e. The zero-order chi connectivity index (χ0) is 25.6. The van der Waals surface area contributed by atoms with Crippen molar-refractivity contribution in [2.75, 3.05) is 11.5 Å². The number of nitrogens with two attached hydrogens (primary N) is 2. The van der Waals surface area contributed by atoms with Crippen LogP contribution in [-0.4, -0.2) is 15.6 Å². The summed E-state index contributed by atoms with van der Waals surface area (Å²) < 4.78 is 21.2. The number of allylic oxidation sites excluding steroid dienone is 1. The van der Waals surface area contributed by atoms with Crippen molar-refractivity contribution in [3.05, 3.63) is 100 Å². The normalized spacial score (nSPS) is 12.5. The van der Waals surface area contributed by atoms with Crippen molar-refractivity contribution in [2.45, 2.75) is 33.1 Å². The molecule has 0 saturated heterocycles. The number of aromatic nitrogens is 2. The van der Waals surface area contributed by atoms with Crippen molar-refractivity contribution in [3.8, 4) is 17.2 Å². The third kappa shape index (κ3) is 4.13. The van der Waals surface area contributed by atoms with Gasteiger partial charge in [-0.25, -0.2) is 9.07 Å². The van der Waals surface area contributed by atoms with Crippen LogP contribution < -0.4 is 16.2 Å². The Hall–Kier alpha value is -4.39. The minimum atomic E-state index is -0.440. The number of hydrogen-bond donors (Lipinski definition) is 2. The van der Waals surface area contributed by atoms with Gasteiger partial charge in [0.1, 0.15) is 11.6 Å². The molecule has 0 aliphatic heterocycles. The molecule has 1 heterocycles. The minimum absolute atomic E-state index is 0.143. The molecule has 1 aliphatic carbocycles. The topological polar surface area (TPSA) is 96.2 Å². The van der Waals surface area contributed by atoms with E-state index in [0.717, 1.165) is 27.9 Å². The van der Waals surface area contributed by atoms with Crippen LogP contribution in [0.5, 0.6) is 11.5 Å². The Morgan fingerprint density at radius 3 is 2.61 bits per heavy atom. The number of ether oxygens (including phenoxy) is 1. The number of hydrogen-bond acceptors (Lipinski definition) is 5. The number of benzene rings is 3. The molecule has 0 radical (unpaired) electrons. The van der Waals surface area contributed by atoms with E-state index in [2.05, 4.69) is 25.0 Å². The molecule has 3 aromatic carbocycles. The Kier molecular flexibility index (Phi) is 5.84. The van der Waals surface area contributed by atoms with Gasteiger partial charge in [-0.1, -0.05) is 26.0 Å². The molecule has 6 nitrogen and oxygen atoms in total. The van der Waals surface area contributed by atoms with Crippen molar-refractivity contribution in [1.82, 2.24) is 9.78 Å². The van der Waals surface area contributed by atoms with E-state index in [0.29, 0.717) is 34.9 Å². The SMILES string of the molecule is Cc1cc(Oc2ccccc2F)ccc1-n1ncc(C(=O)C2=Cc3cc(C(C)C)c(N)cc3C2)c1N. The van der Waals surface area contributed by atoms with Gasteiger partial charge in [-0.15, -0.1) is 0 Å². The molecule has 0 saturated carbocycles. The molecule has 0 amide bonds. The first kappa shape index (κ1) is 23.4. The summed E-state index contributed by atoms with van der Waals surface area (Å²) in [6, 6.07) is 15.5. The first-order chi connectivity index (χ1) is 17.2. The van der Waals surface area contributed by atoms with Crippen LogP contribution in [0.3, 0.4) is 0 Å². The number of carbonyl (C=O) groups excluding carboxylic acids is 1. The zero-order valence-corrected chi connectivity index (χ0v) is 20.4. The van der Waals surface area contributed by atoms with Crippen LogP contribution in [0.25, 0.3) is 11.8 Å². The van der Waals surface area contributed by atoms with Gasteiger partial charge in [0.25, 0.3) is 0 Å². The first-order valence-electron chi connectivity index (χ1n) is 11.8. The van der Waals surface area contributed by atoms with Gasteiger partial charge in [-0.05, 0) is 83.6 Å². The molecule has 0 unspecified atom stereocenters. The standard InChI is InChI=1S/C29H27FN4O2/c1-16(2)22-13-18-11-20(12-19(18)14-25(22)31)28(35)23-15-33-34(29(23)32)26-9-8-21(10-17(26)3)36-27-7-5-4-6-24(27)30/h4-11,13-16H,12,31-32H2,1-3H3. The summed E-state index contributed by atoms with van der Waals surface area (Å²) in [6.07, 6.45) is 3.92. The molecule has 0 spiro atoms. The van der Waals surface area contributed by atoms with Crippen molar-refractivity contribution < 1.29 is 13.9 Å². The molecule has 7 heteroatoms. The number of nitrogen functional groups attached to an aromatic ring is 2. The number of nitrogens with zero attached hydrogens (tertiary/aromatic N) is 2. The number of halogens is 1. The fourth-order valence-electron chi connectivity index (χ4n) is 4.56. The van der Waals surface area contributed by atoms with Crippen LogP contribution in [0.4, 0.5) is 15.9 Å². The highest BCUT2D eigenvalue weighted by Crippen LogP contribution is 2.35. The monoisotopic (exact) mass is 482 g/mol. The third-order valence-corrected chi connectivity index (χ3v) is 6.48. The number of aryl methyl sites for hydroxylation is 1. The molecule has 1 aromatic heterocycles. The first-order valence-corrected chi connectivity index (χ1v) is 11.8. The van der Waals surface area contributed by atoms with Crippen LogP contribution >= 0.6 is 0 Å². The van der Waals surface area contributed by atoms with Crippen LogP contribution in [0.2, 0.25) is 0 Å². The van der Waals surface area contributed by atoms with Crippen LogP contribution in [-0.2, 0) is 6.42 Å². The number of rotatable bonds is 6. The van der Waals surface area contributed by atoms with Crippen LogP contribution in [0.1, 0.15) is 52.4 Å². The molecule has 182 valence electrons. The molecule has 4 N–H and O–H groups in total. The second-order valence-corrected chi connectivity index (χ2v) is 9.35. The number of anilines is 2. The Labute approximate surface area is 209 Å². The lowest BCUT2D eigenvalue weighted by atomic mass is 9.96. The Morgan fingerprint density at radius 2 is 1.89 bits per heavy atom. The maximum atomic E-state index is 13.9. The Balaban J connectivity index is 1.40. The molecule has 4 aromatic rings. The highest BCUT2D eigenvalue weighted by atomic mass is 19.1. The largest absolute Gasteiger partial charge is 0.454 e. The lowest BCUT2D eigenvalue weighted by Crippen LogP contribution is -2.09. The second-order valence-electron chi connectivity index (χ2n) is 9.35. The van der Waals surface area contributed by atoms with Crippen molar-refractivity contribution in [2.24, 2.45) is 0 Å². The Bertz CT molecular complexity index is 1530. The van der Waals surface area contributed by atoms with Crippen LogP contribution in [0, 0.1) is 12.7 Å². The van der Waals surface area contributed by atoms with Gasteiger partial charge < -0.3 is 16.2 Å². The van der Waals surface area contributed by atoms with Gasteiger partial charge in [-0.2, -0.15) is 5.10 Å². The molecule has 0 atom stereocenters. The molecular formula is C29H27FN4O2. The van der Waals surface area contributed by atoms with E-state index >= 15 is 0 Å². The van der Waals surface area contributed by atoms with E-state index in [1.807, 2.05) is 19.1 Å². The van der Waals surface area contributed by atoms with Crippen molar-refractivity contribution >= 4 is 23.4 Å². The molecular weight excluding hydrogens is 455 g/mol. The van der Waals surface area contributed by atoms with Crippen molar-refractivity contribution in [1.29, 1.82) is 0 Å². The van der Waals surface area contributed by atoms with Gasteiger partial charge in [-0.3, -0.25) is 4.79 Å². The van der Waals surface area contributed by atoms with E-state index in [4.69, 9.17) is 16.2 Å². The molecule has 0 fully saturated rings. The predicted molar refractivity (Wildman–Crippen MR) is 140 cm³/mol. The molecule has 1 aliphatic rings. The summed E-state index contributed by atoms with van der Waals surface area (Å²) in [5.41, 5.74) is 19.0. The van der Waals surface area contributed by atoms with Crippen molar-refractivity contribution in [3.63, 3.8) is 0 Å². The van der Waals surface area contributed by atoms with E-state index in [9.17, 15) is 9.18 Å². The quantitative estimate of drug-likeness (QED) is 0.251. The summed E-state index contributed by atoms with van der Waals surface area (Å²) in [4.78, 5) is 13.4. The summed E-state index contributed by atoms with van der Waals surface area (Å²) in [5, 5.41) is 4.39. The summed E-state index contributed by atoms with van der Waals surface area (Å²) in [7, 11) is 0. The summed E-state index contributed by atoms with van der Waals surface area (Å²) in [6.45, 7) is 6.07. The summed E-state index contributed by atoms with van der Waals surface area (Å²) in [5.74, 6) is 0.581. The van der Waals surface area contributed by atoms with Gasteiger partial charge >= 0.3 is 0 Å². The highest BCUT2D eigenvalue weighted by Gasteiger charge is 2.25. The van der Waals surface area contributed by atoms with Gasteiger partial charge in [0.05, 0.1) is 17.4 Å². The number of ketones is 1. The third-order valence-electron chi connectivity index (χ3n) is 6.48. The highest BCUT2D eigenvalue weighted by molar-refractivity contribution is 6.15. The van der Waals surface area contributed by atoms with E-state index in [1.54, 1.807) is 36.4 Å². The number of Topliss-reactive ketones (excluding diaryl/α,β-unsaturated/α-hetero) is 1. The van der Waals surface area contributed by atoms with Crippen LogP contribution in [0.15, 0.2) is 66.4 Å². The van der Waals surface area contributed by atoms with Gasteiger partial charge in [0.2, 0.25) is 0 Å². The van der Waals surface area contributed by atoms with E-state index < -0.39 is 5.82 Å². The predicted octanol–water partition coefficient (Wildman–Crippen LogP) is 6.22. The fraction of sp³-hybridized carbons (Fsp3) is 0.172. The van der Waals surface area contributed by atoms with E-state index in [1.165, 1.54) is 16.9 Å². The average Bonchev–Trinajstić information content (AvgIpc) is 3.42. The molecule has 36 heavy (non-hydrogen) atoms. The number of fused-ring (bicyclic) bond motifs is 1. The summed E-state index contributed by atoms with van der Waals surface area (Å²) >= 11 is 0. The Morgan fingerprint density at radius 1 is 1.11 bits per heavy atom. The lowest BCUT2D eigenvalue weighted by molar-refractivity contribution is 0.103. The van der Waals surface area contributed by atoms with Gasteiger partial charge in [0, 0.05) is 17.7 Å². The maximum absolute atomic E-state index is 13.9. The van der Waals surface area contributed by atoms with Gasteiger partial charge in [0.15, 0.2) is 17.3 Å².